The van der Waals surface area contributed by atoms with Crippen LogP contribution >= 0.6 is 22.9 Å². The van der Waals surface area contributed by atoms with Crippen LogP contribution in [0.2, 0.25) is 5.02 Å². The molecule has 0 N–H and O–H groups in total. The van der Waals surface area contributed by atoms with Gasteiger partial charge in [-0.2, -0.15) is 0 Å². The van der Waals surface area contributed by atoms with Gasteiger partial charge in [-0.05, 0) is 31.9 Å². The minimum atomic E-state index is -0.400. The highest BCUT2D eigenvalue weighted by Gasteiger charge is 2.34. The first-order valence-electron chi connectivity index (χ1n) is 6.72. The number of thiazole rings is 1. The number of benzene rings is 1. The fourth-order valence-corrected chi connectivity index (χ4v) is 4.02. The van der Waals surface area contributed by atoms with Crippen molar-refractivity contribution in [2.75, 3.05) is 6.61 Å². The molecule has 21 heavy (non-hydrogen) atoms. The molecule has 3 rings (SSSR count). The van der Waals surface area contributed by atoms with Crippen molar-refractivity contribution in [3.8, 4) is 10.6 Å². The summed E-state index contributed by atoms with van der Waals surface area (Å²) in [4.78, 5) is 17.4. The third-order valence-electron chi connectivity index (χ3n) is 3.47. The van der Waals surface area contributed by atoms with Crippen LogP contribution < -0.4 is 0 Å². The number of rotatable bonds is 3. The predicted molar refractivity (Wildman–Crippen MR) is 80.2 cm³/mol. The zero-order chi connectivity index (χ0) is 15.0. The molecule has 0 fully saturated rings. The van der Waals surface area contributed by atoms with E-state index in [1.807, 2.05) is 0 Å². The van der Waals surface area contributed by atoms with Crippen LogP contribution in [0, 0.1) is 5.82 Å². The smallest absolute Gasteiger partial charge is 0.315 e. The lowest BCUT2D eigenvalue weighted by molar-refractivity contribution is -0.145. The van der Waals surface area contributed by atoms with Gasteiger partial charge in [0.1, 0.15) is 16.7 Å². The van der Waals surface area contributed by atoms with Crippen molar-refractivity contribution in [2.24, 2.45) is 0 Å². The summed E-state index contributed by atoms with van der Waals surface area (Å²) in [5.74, 6) is -0.995. The second-order valence-corrected chi connectivity index (χ2v) is 6.26. The zero-order valence-electron chi connectivity index (χ0n) is 11.4. The molecule has 6 heteroatoms. The third kappa shape index (κ3) is 2.56. The van der Waals surface area contributed by atoms with E-state index in [0.717, 1.165) is 11.3 Å². The number of halogens is 2. The minimum absolute atomic E-state index is 0.257. The van der Waals surface area contributed by atoms with Crippen molar-refractivity contribution in [3.05, 3.63) is 39.6 Å². The van der Waals surface area contributed by atoms with E-state index in [-0.39, 0.29) is 11.9 Å². The molecule has 0 aliphatic heterocycles. The second kappa shape index (κ2) is 5.73. The second-order valence-electron chi connectivity index (χ2n) is 4.77. The highest BCUT2D eigenvalue weighted by Crippen LogP contribution is 2.42. The van der Waals surface area contributed by atoms with E-state index in [1.54, 1.807) is 19.1 Å². The van der Waals surface area contributed by atoms with Crippen LogP contribution in [0.3, 0.4) is 0 Å². The molecule has 0 radical (unpaired) electrons. The van der Waals surface area contributed by atoms with E-state index >= 15 is 0 Å². The van der Waals surface area contributed by atoms with Crippen molar-refractivity contribution in [2.45, 2.75) is 25.7 Å². The van der Waals surface area contributed by atoms with E-state index in [1.165, 1.54) is 17.4 Å². The van der Waals surface area contributed by atoms with E-state index in [4.69, 9.17) is 16.3 Å². The average Bonchev–Trinajstić information content (AvgIpc) is 2.98. The van der Waals surface area contributed by atoms with Gasteiger partial charge in [-0.1, -0.05) is 17.7 Å². The standard InChI is InChI=1S/C15H13ClFNO2S/c1-2-20-15(19)8-6-7-11-13(8)18-14(21-11)12-9(16)4-3-5-10(12)17/h3-5,8H,2,6-7H2,1H3. The van der Waals surface area contributed by atoms with Gasteiger partial charge in [0.05, 0.1) is 22.9 Å². The maximum absolute atomic E-state index is 14.0. The highest BCUT2D eigenvalue weighted by molar-refractivity contribution is 7.15. The molecule has 110 valence electrons. The molecule has 0 spiro atoms. The summed E-state index contributed by atoms with van der Waals surface area (Å²) in [6.45, 7) is 2.13. The Balaban J connectivity index is 1.99. The first-order valence-corrected chi connectivity index (χ1v) is 7.92. The Morgan fingerprint density at radius 1 is 1.57 bits per heavy atom. The third-order valence-corrected chi connectivity index (χ3v) is 4.93. The number of carbonyl (C=O) groups excluding carboxylic acids is 1. The van der Waals surface area contributed by atoms with Crippen molar-refractivity contribution < 1.29 is 13.9 Å². The van der Waals surface area contributed by atoms with Crippen LogP contribution in [0.4, 0.5) is 4.39 Å². The largest absolute Gasteiger partial charge is 0.465 e. The Hall–Kier alpha value is -1.46. The number of hydrogen-bond donors (Lipinski definition) is 0. The molecule has 0 bridgehead atoms. The number of hydrogen-bond acceptors (Lipinski definition) is 4. The molecule has 1 aromatic carbocycles. The Morgan fingerprint density at radius 3 is 3.10 bits per heavy atom. The molecular formula is C15H13ClFNO2S. The van der Waals surface area contributed by atoms with Crippen LogP contribution in [-0.2, 0) is 16.0 Å². The van der Waals surface area contributed by atoms with Crippen molar-refractivity contribution >= 4 is 28.9 Å². The lowest BCUT2D eigenvalue weighted by atomic mass is 10.1. The van der Waals surface area contributed by atoms with Crippen molar-refractivity contribution in [1.29, 1.82) is 0 Å². The summed E-state index contributed by atoms with van der Waals surface area (Å²) in [5.41, 5.74) is 1.02. The first-order chi connectivity index (χ1) is 10.1. The van der Waals surface area contributed by atoms with E-state index in [2.05, 4.69) is 4.98 Å². The molecular weight excluding hydrogens is 313 g/mol. The van der Waals surface area contributed by atoms with Gasteiger partial charge >= 0.3 is 5.97 Å². The van der Waals surface area contributed by atoms with Gasteiger partial charge in [0, 0.05) is 4.88 Å². The number of ether oxygens (including phenoxy) is 1. The molecule has 1 aromatic heterocycles. The maximum atomic E-state index is 14.0. The SMILES string of the molecule is CCOC(=O)C1CCc2sc(-c3c(F)cccc3Cl)nc21. The van der Waals surface area contributed by atoms with Gasteiger partial charge in [-0.15, -0.1) is 11.3 Å². The summed E-state index contributed by atoms with van der Waals surface area (Å²) in [6, 6.07) is 4.55. The van der Waals surface area contributed by atoms with Gasteiger partial charge in [0.15, 0.2) is 0 Å². The quantitative estimate of drug-likeness (QED) is 0.794. The molecule has 0 amide bonds. The minimum Gasteiger partial charge on any atom is -0.465 e. The lowest BCUT2D eigenvalue weighted by Crippen LogP contribution is -2.14. The average molecular weight is 326 g/mol. The van der Waals surface area contributed by atoms with E-state index in [9.17, 15) is 9.18 Å². The van der Waals surface area contributed by atoms with Crippen LogP contribution in [0.1, 0.15) is 29.8 Å². The molecule has 1 heterocycles. The van der Waals surface area contributed by atoms with Crippen LogP contribution in [0.15, 0.2) is 18.2 Å². The molecule has 1 aliphatic rings. The number of esters is 1. The highest BCUT2D eigenvalue weighted by atomic mass is 35.5. The van der Waals surface area contributed by atoms with Gasteiger partial charge in [0.25, 0.3) is 0 Å². The number of aromatic nitrogens is 1. The van der Waals surface area contributed by atoms with Crippen molar-refractivity contribution in [3.63, 3.8) is 0 Å². The number of nitrogens with zero attached hydrogens (tertiary/aromatic N) is 1. The zero-order valence-corrected chi connectivity index (χ0v) is 12.9. The number of fused-ring (bicyclic) bond motifs is 1. The first kappa shape index (κ1) is 14.5. The van der Waals surface area contributed by atoms with Crippen LogP contribution in [0.25, 0.3) is 10.6 Å². The molecule has 1 unspecified atom stereocenters. The number of carbonyl (C=O) groups is 1. The fraction of sp³-hybridized carbons (Fsp3) is 0.333. The molecule has 1 aliphatic carbocycles. The van der Waals surface area contributed by atoms with E-state index in [0.29, 0.717) is 34.3 Å². The van der Waals surface area contributed by atoms with Gasteiger partial charge < -0.3 is 4.74 Å². The Labute approximate surface area is 130 Å². The molecule has 0 saturated carbocycles. The van der Waals surface area contributed by atoms with Gasteiger partial charge in [0.2, 0.25) is 0 Å². The summed E-state index contributed by atoms with van der Waals surface area (Å²) < 4.78 is 19.0. The lowest BCUT2D eigenvalue weighted by Gasteiger charge is -2.08. The van der Waals surface area contributed by atoms with E-state index < -0.39 is 5.82 Å². The summed E-state index contributed by atoms with van der Waals surface area (Å²) >= 11 is 7.47. The monoisotopic (exact) mass is 325 g/mol. The summed E-state index contributed by atoms with van der Waals surface area (Å²) in [5, 5.41) is 0.854. The van der Waals surface area contributed by atoms with Crippen LogP contribution in [-0.4, -0.2) is 17.6 Å². The van der Waals surface area contributed by atoms with Crippen molar-refractivity contribution in [1.82, 2.24) is 4.98 Å². The Bertz CT molecular complexity index is 681. The predicted octanol–water partition coefficient (Wildman–Crippen LogP) is 4.20. The summed E-state index contributed by atoms with van der Waals surface area (Å²) in [7, 11) is 0. The molecule has 1 atom stereocenters. The number of aryl methyl sites for hydroxylation is 1. The van der Waals surface area contributed by atoms with Crippen LogP contribution in [0.5, 0.6) is 0 Å². The van der Waals surface area contributed by atoms with Gasteiger partial charge in [-0.3, -0.25) is 4.79 Å². The molecule has 0 saturated heterocycles. The topological polar surface area (TPSA) is 39.2 Å². The Kier molecular flexibility index (Phi) is 3.95. The normalized spacial score (nSPS) is 16.8. The van der Waals surface area contributed by atoms with Gasteiger partial charge in [-0.25, -0.2) is 9.37 Å². The molecule has 3 nitrogen and oxygen atoms in total. The molecule has 2 aromatic rings. The fourth-order valence-electron chi connectivity index (χ4n) is 2.51. The summed E-state index contributed by atoms with van der Waals surface area (Å²) in [6.07, 6.45) is 1.47. The maximum Gasteiger partial charge on any atom is 0.315 e. The Morgan fingerprint density at radius 2 is 2.38 bits per heavy atom.